The molecular formula is C19H19N3O2. The second-order valence-corrected chi connectivity index (χ2v) is 5.88. The molecule has 0 atom stereocenters. The van der Waals surface area contributed by atoms with Crippen molar-refractivity contribution < 1.29 is 9.32 Å². The molecule has 5 heteroatoms. The van der Waals surface area contributed by atoms with E-state index >= 15 is 0 Å². The summed E-state index contributed by atoms with van der Waals surface area (Å²) < 4.78 is 5.21. The highest BCUT2D eigenvalue weighted by molar-refractivity contribution is 5.95. The Bertz CT molecular complexity index is 867. The van der Waals surface area contributed by atoms with Gasteiger partial charge in [0.2, 0.25) is 11.7 Å². The van der Waals surface area contributed by atoms with Gasteiger partial charge in [0.1, 0.15) is 0 Å². The zero-order chi connectivity index (χ0) is 17.1. The number of aryl methyl sites for hydroxylation is 3. The van der Waals surface area contributed by atoms with Gasteiger partial charge in [0.05, 0.1) is 6.54 Å². The third-order valence-corrected chi connectivity index (χ3v) is 3.82. The van der Waals surface area contributed by atoms with Gasteiger partial charge in [0.15, 0.2) is 0 Å². The number of hydrogen-bond acceptors (Lipinski definition) is 4. The van der Waals surface area contributed by atoms with Crippen LogP contribution in [-0.2, 0) is 6.54 Å². The van der Waals surface area contributed by atoms with Crippen molar-refractivity contribution in [2.24, 2.45) is 0 Å². The Labute approximate surface area is 140 Å². The molecule has 0 aliphatic heterocycles. The smallest absolute Gasteiger partial charge is 0.251 e. The van der Waals surface area contributed by atoms with Crippen molar-refractivity contribution in [3.8, 4) is 11.4 Å². The average Bonchev–Trinajstić information content (AvgIpc) is 3.04. The van der Waals surface area contributed by atoms with Gasteiger partial charge in [0.25, 0.3) is 5.91 Å². The van der Waals surface area contributed by atoms with E-state index in [0.29, 0.717) is 17.3 Å². The Balaban J connectivity index is 1.68. The van der Waals surface area contributed by atoms with E-state index in [4.69, 9.17) is 4.52 Å². The number of amides is 1. The largest absolute Gasteiger partial charge is 0.343 e. The van der Waals surface area contributed by atoms with Gasteiger partial charge in [-0.25, -0.2) is 0 Å². The van der Waals surface area contributed by atoms with E-state index in [9.17, 15) is 4.79 Å². The van der Waals surface area contributed by atoms with Crippen LogP contribution in [0.4, 0.5) is 0 Å². The number of nitrogens with one attached hydrogen (secondary N) is 1. The highest BCUT2D eigenvalue weighted by Gasteiger charge is 2.12. The molecule has 2 aromatic carbocycles. The molecule has 0 aliphatic rings. The number of benzene rings is 2. The van der Waals surface area contributed by atoms with E-state index in [2.05, 4.69) is 15.5 Å². The molecule has 122 valence electrons. The molecule has 0 saturated heterocycles. The van der Waals surface area contributed by atoms with Crippen molar-refractivity contribution in [3.63, 3.8) is 0 Å². The van der Waals surface area contributed by atoms with Gasteiger partial charge in [0, 0.05) is 11.1 Å². The first kappa shape index (κ1) is 15.9. The lowest BCUT2D eigenvalue weighted by atomic mass is 10.1. The summed E-state index contributed by atoms with van der Waals surface area (Å²) in [5.41, 5.74) is 4.70. The zero-order valence-corrected chi connectivity index (χ0v) is 14.0. The van der Waals surface area contributed by atoms with Crippen molar-refractivity contribution >= 4 is 5.91 Å². The van der Waals surface area contributed by atoms with Gasteiger partial charge in [-0.05, 0) is 32.4 Å². The van der Waals surface area contributed by atoms with Gasteiger partial charge in [-0.1, -0.05) is 52.7 Å². The quantitative estimate of drug-likeness (QED) is 0.797. The number of aromatic nitrogens is 2. The Kier molecular flexibility index (Phi) is 4.42. The number of carbonyl (C=O) groups excluding carboxylic acids is 1. The summed E-state index contributed by atoms with van der Waals surface area (Å²) in [7, 11) is 0. The van der Waals surface area contributed by atoms with E-state index in [1.807, 2.05) is 63.2 Å². The fourth-order valence-electron chi connectivity index (χ4n) is 2.38. The third kappa shape index (κ3) is 3.51. The molecule has 1 amide bonds. The molecule has 0 fully saturated rings. The van der Waals surface area contributed by atoms with E-state index in [0.717, 1.165) is 16.7 Å². The summed E-state index contributed by atoms with van der Waals surface area (Å²) in [6, 6.07) is 13.7. The molecule has 3 rings (SSSR count). The SMILES string of the molecule is Cc1ccc(-c2noc(CNC(=O)c3cc(C)ccc3C)n2)cc1. The van der Waals surface area contributed by atoms with Gasteiger partial charge >= 0.3 is 0 Å². The molecule has 5 nitrogen and oxygen atoms in total. The summed E-state index contributed by atoms with van der Waals surface area (Å²) in [6.45, 7) is 6.10. The molecule has 0 unspecified atom stereocenters. The highest BCUT2D eigenvalue weighted by Crippen LogP contribution is 2.16. The summed E-state index contributed by atoms with van der Waals surface area (Å²) in [5, 5.41) is 6.78. The standard InChI is InChI=1S/C19H19N3O2/c1-12-5-8-15(9-6-12)18-21-17(24-22-18)11-20-19(23)16-10-13(2)4-7-14(16)3/h4-10H,11H2,1-3H3,(H,20,23). The van der Waals surface area contributed by atoms with Crippen LogP contribution >= 0.6 is 0 Å². The fraction of sp³-hybridized carbons (Fsp3) is 0.211. The highest BCUT2D eigenvalue weighted by atomic mass is 16.5. The minimum Gasteiger partial charge on any atom is -0.343 e. The lowest BCUT2D eigenvalue weighted by molar-refractivity contribution is 0.0945. The van der Waals surface area contributed by atoms with Crippen LogP contribution in [0.25, 0.3) is 11.4 Å². The van der Waals surface area contributed by atoms with Crippen molar-refractivity contribution in [3.05, 3.63) is 70.6 Å². The molecule has 0 spiro atoms. The maximum Gasteiger partial charge on any atom is 0.251 e. The molecule has 24 heavy (non-hydrogen) atoms. The molecule has 1 N–H and O–H groups in total. The number of nitrogens with zero attached hydrogens (tertiary/aromatic N) is 2. The van der Waals surface area contributed by atoms with Crippen molar-refractivity contribution in [2.75, 3.05) is 0 Å². The summed E-state index contributed by atoms with van der Waals surface area (Å²) in [6.07, 6.45) is 0. The van der Waals surface area contributed by atoms with Crippen LogP contribution in [0.15, 0.2) is 47.0 Å². The Morgan fingerprint density at radius 1 is 1.04 bits per heavy atom. The molecular weight excluding hydrogens is 302 g/mol. The summed E-state index contributed by atoms with van der Waals surface area (Å²) in [4.78, 5) is 16.6. The third-order valence-electron chi connectivity index (χ3n) is 3.82. The first-order valence-corrected chi connectivity index (χ1v) is 7.78. The Morgan fingerprint density at radius 3 is 2.50 bits per heavy atom. The lowest BCUT2D eigenvalue weighted by Crippen LogP contribution is -2.23. The second-order valence-electron chi connectivity index (χ2n) is 5.88. The van der Waals surface area contributed by atoms with Crippen LogP contribution in [-0.4, -0.2) is 16.0 Å². The van der Waals surface area contributed by atoms with Crippen LogP contribution in [0.3, 0.4) is 0 Å². The van der Waals surface area contributed by atoms with Crippen LogP contribution in [0, 0.1) is 20.8 Å². The Morgan fingerprint density at radius 2 is 1.75 bits per heavy atom. The van der Waals surface area contributed by atoms with Crippen molar-refractivity contribution in [2.45, 2.75) is 27.3 Å². The lowest BCUT2D eigenvalue weighted by Gasteiger charge is -2.06. The second kappa shape index (κ2) is 6.66. The van der Waals surface area contributed by atoms with Crippen LogP contribution in [0.2, 0.25) is 0 Å². The van der Waals surface area contributed by atoms with Crippen molar-refractivity contribution in [1.82, 2.24) is 15.5 Å². The maximum absolute atomic E-state index is 12.3. The zero-order valence-electron chi connectivity index (χ0n) is 14.0. The molecule has 0 radical (unpaired) electrons. The molecule has 3 aromatic rings. The van der Waals surface area contributed by atoms with E-state index in [1.165, 1.54) is 5.56 Å². The van der Waals surface area contributed by atoms with E-state index in [1.54, 1.807) is 0 Å². The summed E-state index contributed by atoms with van der Waals surface area (Å²) >= 11 is 0. The molecule has 0 bridgehead atoms. The average molecular weight is 321 g/mol. The van der Waals surface area contributed by atoms with Gasteiger partial charge in [-0.2, -0.15) is 4.98 Å². The molecule has 1 heterocycles. The van der Waals surface area contributed by atoms with E-state index < -0.39 is 0 Å². The predicted octanol–water partition coefficient (Wildman–Crippen LogP) is 3.59. The van der Waals surface area contributed by atoms with Crippen molar-refractivity contribution in [1.29, 1.82) is 0 Å². The number of carbonyl (C=O) groups is 1. The molecule has 0 aliphatic carbocycles. The van der Waals surface area contributed by atoms with Gasteiger partial charge < -0.3 is 9.84 Å². The van der Waals surface area contributed by atoms with Gasteiger partial charge in [-0.3, -0.25) is 4.79 Å². The Hall–Kier alpha value is -2.95. The molecule has 1 aromatic heterocycles. The molecule has 0 saturated carbocycles. The maximum atomic E-state index is 12.3. The van der Waals surface area contributed by atoms with Crippen LogP contribution in [0.1, 0.15) is 32.9 Å². The minimum atomic E-state index is -0.147. The summed E-state index contributed by atoms with van der Waals surface area (Å²) in [5.74, 6) is 0.751. The van der Waals surface area contributed by atoms with Crippen LogP contribution < -0.4 is 5.32 Å². The fourth-order valence-corrected chi connectivity index (χ4v) is 2.38. The van der Waals surface area contributed by atoms with E-state index in [-0.39, 0.29) is 12.5 Å². The first-order chi connectivity index (χ1) is 11.5. The van der Waals surface area contributed by atoms with Gasteiger partial charge in [-0.15, -0.1) is 0 Å². The minimum absolute atomic E-state index is 0.147. The monoisotopic (exact) mass is 321 g/mol. The number of hydrogen-bond donors (Lipinski definition) is 1. The normalized spacial score (nSPS) is 10.6. The number of rotatable bonds is 4. The first-order valence-electron chi connectivity index (χ1n) is 7.78. The predicted molar refractivity (Wildman–Crippen MR) is 91.6 cm³/mol. The topological polar surface area (TPSA) is 68.0 Å². The van der Waals surface area contributed by atoms with Crippen LogP contribution in [0.5, 0.6) is 0 Å².